The maximum atomic E-state index is 11.7. The number of piperidine rings is 1. The summed E-state index contributed by atoms with van der Waals surface area (Å²) in [4.78, 5) is 18.2. The Hall–Kier alpha value is -1.98. The Morgan fingerprint density at radius 1 is 1.38 bits per heavy atom. The predicted octanol–water partition coefficient (Wildman–Crippen LogP) is 2.67. The number of carbonyl (C=O) groups is 1. The van der Waals surface area contributed by atoms with Crippen molar-refractivity contribution < 1.29 is 15.0 Å². The molecule has 5 nitrogen and oxygen atoms in total. The van der Waals surface area contributed by atoms with Gasteiger partial charge in [-0.05, 0) is 37.1 Å². The molecule has 2 N–H and O–H groups in total. The number of carboxylic acids is 1. The minimum Gasteiger partial charge on any atom is -0.481 e. The van der Waals surface area contributed by atoms with Crippen LogP contribution in [0.4, 0.5) is 0 Å². The zero-order chi connectivity index (χ0) is 17.2. The summed E-state index contributed by atoms with van der Waals surface area (Å²) in [7, 11) is 0. The maximum absolute atomic E-state index is 11.7. The summed E-state index contributed by atoms with van der Waals surface area (Å²) in [5, 5.41) is 21.3. The SMILES string of the molecule is CCC[C@]1(C(=O)O)CCN(Cc2ccnc3ccccc23)C[C@H]1O. The number of pyridine rings is 1. The van der Waals surface area contributed by atoms with Crippen LogP contribution in [-0.2, 0) is 11.3 Å². The second kappa shape index (κ2) is 6.87. The molecule has 1 aliphatic heterocycles. The third kappa shape index (κ3) is 3.01. The van der Waals surface area contributed by atoms with Crippen LogP contribution >= 0.6 is 0 Å². The van der Waals surface area contributed by atoms with Gasteiger partial charge in [-0.3, -0.25) is 14.7 Å². The summed E-state index contributed by atoms with van der Waals surface area (Å²) in [6.07, 6.45) is 2.74. The first kappa shape index (κ1) is 16.9. The van der Waals surface area contributed by atoms with Crippen LogP contribution in [-0.4, -0.2) is 45.3 Å². The molecule has 1 aromatic heterocycles. The molecular weight excluding hydrogens is 304 g/mol. The van der Waals surface area contributed by atoms with E-state index in [1.54, 1.807) is 6.20 Å². The van der Waals surface area contributed by atoms with Gasteiger partial charge in [-0.2, -0.15) is 0 Å². The lowest BCUT2D eigenvalue weighted by atomic mass is 9.72. The monoisotopic (exact) mass is 328 g/mol. The number of benzene rings is 1. The molecule has 3 rings (SSSR count). The highest BCUT2D eigenvalue weighted by atomic mass is 16.4. The molecule has 5 heteroatoms. The Bertz CT molecular complexity index is 728. The van der Waals surface area contributed by atoms with Crippen LogP contribution in [0.5, 0.6) is 0 Å². The molecule has 2 aromatic rings. The maximum Gasteiger partial charge on any atom is 0.312 e. The van der Waals surface area contributed by atoms with E-state index in [0.717, 1.165) is 22.9 Å². The molecular formula is C19H24N2O3. The van der Waals surface area contributed by atoms with Crippen molar-refractivity contribution in [2.24, 2.45) is 5.41 Å². The summed E-state index contributed by atoms with van der Waals surface area (Å²) in [5.41, 5.74) is 1.12. The van der Waals surface area contributed by atoms with E-state index < -0.39 is 17.5 Å². The van der Waals surface area contributed by atoms with Gasteiger partial charge in [-0.15, -0.1) is 0 Å². The number of nitrogens with zero attached hydrogens (tertiary/aromatic N) is 2. The lowest BCUT2D eigenvalue weighted by Gasteiger charge is -2.42. The number of aromatic nitrogens is 1. The zero-order valence-electron chi connectivity index (χ0n) is 14.0. The van der Waals surface area contributed by atoms with E-state index in [4.69, 9.17) is 0 Å². The van der Waals surface area contributed by atoms with Gasteiger partial charge >= 0.3 is 5.97 Å². The van der Waals surface area contributed by atoms with Crippen molar-refractivity contribution in [1.82, 2.24) is 9.88 Å². The van der Waals surface area contributed by atoms with Gasteiger partial charge in [-0.25, -0.2) is 0 Å². The molecule has 0 saturated carbocycles. The van der Waals surface area contributed by atoms with E-state index in [2.05, 4.69) is 16.0 Å². The van der Waals surface area contributed by atoms with Crippen LogP contribution in [0.2, 0.25) is 0 Å². The van der Waals surface area contributed by atoms with Crippen molar-refractivity contribution >= 4 is 16.9 Å². The average molecular weight is 328 g/mol. The lowest BCUT2D eigenvalue weighted by Crippen LogP contribution is -2.54. The van der Waals surface area contributed by atoms with Crippen molar-refractivity contribution in [3.8, 4) is 0 Å². The van der Waals surface area contributed by atoms with E-state index in [-0.39, 0.29) is 0 Å². The van der Waals surface area contributed by atoms with Crippen LogP contribution < -0.4 is 0 Å². The Morgan fingerprint density at radius 2 is 2.17 bits per heavy atom. The second-order valence-corrected chi connectivity index (χ2v) is 6.70. The molecule has 128 valence electrons. The Balaban J connectivity index is 1.77. The molecule has 0 radical (unpaired) electrons. The van der Waals surface area contributed by atoms with Crippen molar-refractivity contribution in [3.05, 3.63) is 42.1 Å². The highest BCUT2D eigenvalue weighted by Crippen LogP contribution is 2.37. The molecule has 0 spiro atoms. The number of likely N-dealkylation sites (tertiary alicyclic amines) is 1. The Kier molecular flexibility index (Phi) is 4.83. The number of β-amino-alcohol motifs (C(OH)–C–C–N with tert-alkyl or cyclic N) is 1. The first-order chi connectivity index (χ1) is 11.6. The van der Waals surface area contributed by atoms with Gasteiger partial charge in [0.15, 0.2) is 0 Å². The number of fused-ring (bicyclic) bond motifs is 1. The molecule has 0 bridgehead atoms. The van der Waals surface area contributed by atoms with Gasteiger partial charge in [0.05, 0.1) is 17.0 Å². The number of aliphatic hydroxyl groups is 1. The van der Waals surface area contributed by atoms with Crippen LogP contribution in [0.1, 0.15) is 31.7 Å². The number of aliphatic hydroxyl groups excluding tert-OH is 1. The number of hydrogen-bond donors (Lipinski definition) is 2. The molecule has 1 saturated heterocycles. The van der Waals surface area contributed by atoms with E-state index in [1.165, 1.54) is 0 Å². The first-order valence-corrected chi connectivity index (χ1v) is 8.53. The fourth-order valence-corrected chi connectivity index (χ4v) is 3.81. The smallest absolute Gasteiger partial charge is 0.312 e. The molecule has 1 aliphatic rings. The molecule has 2 heterocycles. The van der Waals surface area contributed by atoms with Gasteiger partial charge in [-0.1, -0.05) is 31.5 Å². The minimum atomic E-state index is -0.994. The lowest BCUT2D eigenvalue weighted by molar-refractivity contribution is -0.164. The average Bonchev–Trinajstić information content (AvgIpc) is 2.58. The van der Waals surface area contributed by atoms with E-state index in [0.29, 0.717) is 32.5 Å². The summed E-state index contributed by atoms with van der Waals surface area (Å²) in [6.45, 7) is 3.73. The standard InChI is InChI=1S/C19H24N2O3/c1-2-8-19(18(23)24)9-11-21(13-17(19)22)12-14-7-10-20-16-6-4-3-5-15(14)16/h3-7,10,17,22H,2,8-9,11-13H2,1H3,(H,23,24)/t17-,19+/m1/s1. The third-order valence-electron chi connectivity index (χ3n) is 5.20. The highest BCUT2D eigenvalue weighted by Gasteiger charge is 2.47. The number of hydrogen-bond acceptors (Lipinski definition) is 4. The Morgan fingerprint density at radius 3 is 2.88 bits per heavy atom. The highest BCUT2D eigenvalue weighted by molar-refractivity contribution is 5.81. The van der Waals surface area contributed by atoms with Crippen molar-refractivity contribution in [2.75, 3.05) is 13.1 Å². The van der Waals surface area contributed by atoms with Crippen molar-refractivity contribution in [3.63, 3.8) is 0 Å². The van der Waals surface area contributed by atoms with E-state index in [9.17, 15) is 15.0 Å². The minimum absolute atomic E-state index is 0.392. The van der Waals surface area contributed by atoms with Crippen molar-refractivity contribution in [1.29, 1.82) is 0 Å². The fourth-order valence-electron chi connectivity index (χ4n) is 3.81. The quantitative estimate of drug-likeness (QED) is 0.883. The largest absolute Gasteiger partial charge is 0.481 e. The normalized spacial score (nSPS) is 25.0. The molecule has 0 unspecified atom stereocenters. The van der Waals surface area contributed by atoms with E-state index in [1.807, 2.05) is 31.2 Å². The topological polar surface area (TPSA) is 73.7 Å². The van der Waals surface area contributed by atoms with Gasteiger partial charge < -0.3 is 10.2 Å². The molecule has 1 aromatic carbocycles. The van der Waals surface area contributed by atoms with Gasteiger partial charge in [0.25, 0.3) is 0 Å². The molecule has 2 atom stereocenters. The Labute approximate surface area is 141 Å². The summed E-state index contributed by atoms with van der Waals surface area (Å²) in [5.74, 6) is -0.870. The van der Waals surface area contributed by atoms with Gasteiger partial charge in [0, 0.05) is 24.7 Å². The molecule has 0 aliphatic carbocycles. The fraction of sp³-hybridized carbons (Fsp3) is 0.474. The number of carboxylic acid groups (broad SMARTS) is 1. The van der Waals surface area contributed by atoms with Crippen molar-refractivity contribution in [2.45, 2.75) is 38.8 Å². The van der Waals surface area contributed by atoms with Gasteiger partial charge in [0.2, 0.25) is 0 Å². The van der Waals surface area contributed by atoms with Crippen LogP contribution in [0.25, 0.3) is 10.9 Å². The molecule has 1 fully saturated rings. The number of rotatable bonds is 5. The summed E-state index contributed by atoms with van der Waals surface area (Å²) in [6, 6.07) is 10.0. The van der Waals surface area contributed by atoms with E-state index >= 15 is 0 Å². The molecule has 0 amide bonds. The first-order valence-electron chi connectivity index (χ1n) is 8.53. The number of para-hydroxylation sites is 1. The second-order valence-electron chi connectivity index (χ2n) is 6.70. The number of aliphatic carboxylic acids is 1. The van der Waals surface area contributed by atoms with Crippen LogP contribution in [0.3, 0.4) is 0 Å². The zero-order valence-corrected chi connectivity index (χ0v) is 14.0. The summed E-state index contributed by atoms with van der Waals surface area (Å²) < 4.78 is 0. The summed E-state index contributed by atoms with van der Waals surface area (Å²) >= 11 is 0. The van der Waals surface area contributed by atoms with Crippen LogP contribution in [0.15, 0.2) is 36.5 Å². The molecule has 24 heavy (non-hydrogen) atoms. The van der Waals surface area contributed by atoms with Gasteiger partial charge in [0.1, 0.15) is 0 Å². The predicted molar refractivity (Wildman–Crippen MR) is 92.6 cm³/mol. The third-order valence-corrected chi connectivity index (χ3v) is 5.20. The van der Waals surface area contributed by atoms with Crippen LogP contribution in [0, 0.1) is 5.41 Å².